The molecular formula is C19H19ClFN5O4S2. The van der Waals surface area contributed by atoms with Gasteiger partial charge in [-0.2, -0.15) is 15.7 Å². The van der Waals surface area contributed by atoms with Gasteiger partial charge in [-0.25, -0.2) is 17.8 Å². The highest BCUT2D eigenvalue weighted by Gasteiger charge is 2.33. The van der Waals surface area contributed by atoms with Crippen LogP contribution in [0.2, 0.25) is 5.02 Å². The van der Waals surface area contributed by atoms with Crippen molar-refractivity contribution in [3.05, 3.63) is 47.3 Å². The van der Waals surface area contributed by atoms with Gasteiger partial charge in [-0.1, -0.05) is 11.6 Å². The molecule has 2 N–H and O–H groups in total. The number of benzene rings is 1. The Kier molecular flexibility index (Phi) is 4.98. The smallest absolute Gasteiger partial charge is 0.195 e. The molecule has 32 heavy (non-hydrogen) atoms. The fraction of sp³-hybridized carbons (Fsp3) is 0.316. The minimum absolute atomic E-state index is 0.0269. The van der Waals surface area contributed by atoms with E-state index in [2.05, 4.69) is 15.1 Å². The molecule has 3 aromatic heterocycles. The standard InChI is InChI=1S/C19H19ClFN5O4S2/c1-31(27,28)19-13-2-4-22-8-16(13)25(24-19)9-17-23-15-7-11(20)6-14(21)18(15)26(17)12-3-5-32(29,30)10-12/h2,4,6-8,12,29-30H,3,5,9-10H2,1H3/t12-/m1/s1. The summed E-state index contributed by atoms with van der Waals surface area (Å²) in [4.78, 5) is 8.63. The molecule has 0 bridgehead atoms. The van der Waals surface area contributed by atoms with Crippen LogP contribution in [0.1, 0.15) is 18.3 Å². The molecule has 9 nitrogen and oxygen atoms in total. The van der Waals surface area contributed by atoms with Crippen molar-refractivity contribution in [1.82, 2.24) is 24.3 Å². The van der Waals surface area contributed by atoms with E-state index in [1.54, 1.807) is 10.6 Å². The van der Waals surface area contributed by atoms with E-state index < -0.39 is 26.2 Å². The summed E-state index contributed by atoms with van der Waals surface area (Å²) in [7, 11) is -6.37. The van der Waals surface area contributed by atoms with Gasteiger partial charge in [0.2, 0.25) is 0 Å². The number of aromatic nitrogens is 5. The summed E-state index contributed by atoms with van der Waals surface area (Å²) in [5, 5.41) is 4.82. The number of fused-ring (bicyclic) bond motifs is 2. The van der Waals surface area contributed by atoms with Crippen molar-refractivity contribution in [2.45, 2.75) is 24.0 Å². The van der Waals surface area contributed by atoms with Gasteiger partial charge in [0.25, 0.3) is 0 Å². The molecule has 0 spiro atoms. The first-order chi connectivity index (χ1) is 15.0. The molecule has 1 aromatic carbocycles. The van der Waals surface area contributed by atoms with Crippen LogP contribution in [-0.4, -0.2) is 59.6 Å². The maximum Gasteiger partial charge on any atom is 0.195 e. The molecular weight excluding hydrogens is 481 g/mol. The average Bonchev–Trinajstić information content (AvgIpc) is 3.35. The summed E-state index contributed by atoms with van der Waals surface area (Å²) in [6.45, 7) is 0.0269. The van der Waals surface area contributed by atoms with Crippen LogP contribution in [0.3, 0.4) is 0 Å². The minimum Gasteiger partial charge on any atom is -0.319 e. The lowest BCUT2D eigenvalue weighted by atomic mass is 10.2. The van der Waals surface area contributed by atoms with E-state index in [0.29, 0.717) is 28.7 Å². The first-order valence-corrected chi connectivity index (χ1v) is 13.8. The normalized spacial score (nSPS) is 19.7. The van der Waals surface area contributed by atoms with Crippen molar-refractivity contribution in [2.75, 3.05) is 17.8 Å². The fourth-order valence-electron chi connectivity index (χ4n) is 4.22. The van der Waals surface area contributed by atoms with Gasteiger partial charge >= 0.3 is 0 Å². The number of hydrogen-bond donors (Lipinski definition) is 2. The second kappa shape index (κ2) is 7.39. The predicted octanol–water partition coefficient (Wildman–Crippen LogP) is 3.72. The number of sulfone groups is 1. The molecule has 170 valence electrons. The third-order valence-corrected chi connectivity index (χ3v) is 8.57. The van der Waals surface area contributed by atoms with Gasteiger partial charge in [-0.05, 0) is 24.6 Å². The molecule has 0 aliphatic carbocycles. The number of nitrogens with zero attached hydrogens (tertiary/aromatic N) is 5. The average molecular weight is 500 g/mol. The summed E-state index contributed by atoms with van der Waals surface area (Å²) < 4.78 is 62.9. The number of halogens is 2. The second-order valence-electron chi connectivity index (χ2n) is 7.90. The molecule has 1 saturated heterocycles. The van der Waals surface area contributed by atoms with E-state index in [-0.39, 0.29) is 39.7 Å². The Morgan fingerprint density at radius 2 is 2.12 bits per heavy atom. The van der Waals surface area contributed by atoms with Crippen molar-refractivity contribution in [1.29, 1.82) is 0 Å². The summed E-state index contributed by atoms with van der Waals surface area (Å²) >= 11 is 6.02. The van der Waals surface area contributed by atoms with Crippen molar-refractivity contribution >= 4 is 54.0 Å². The molecule has 1 atom stereocenters. The zero-order valence-corrected chi connectivity index (χ0v) is 19.2. The molecule has 0 amide bonds. The van der Waals surface area contributed by atoms with E-state index >= 15 is 0 Å². The summed E-state index contributed by atoms with van der Waals surface area (Å²) in [5.41, 5.74) is 1.02. The summed E-state index contributed by atoms with van der Waals surface area (Å²) in [6, 6.07) is 3.92. The van der Waals surface area contributed by atoms with Crippen LogP contribution in [0.4, 0.5) is 4.39 Å². The molecule has 1 aliphatic heterocycles. The molecule has 13 heteroatoms. The third-order valence-electron chi connectivity index (χ3n) is 5.54. The lowest BCUT2D eigenvalue weighted by molar-refractivity contribution is 0.485. The molecule has 0 saturated carbocycles. The van der Waals surface area contributed by atoms with E-state index in [1.165, 1.54) is 29.2 Å². The molecule has 4 aromatic rings. The topological polar surface area (TPSA) is 123 Å². The monoisotopic (exact) mass is 499 g/mol. The van der Waals surface area contributed by atoms with Crippen LogP contribution in [-0.2, 0) is 16.4 Å². The van der Waals surface area contributed by atoms with E-state index in [9.17, 15) is 21.9 Å². The Labute approximate surface area is 189 Å². The maximum absolute atomic E-state index is 14.9. The van der Waals surface area contributed by atoms with Crippen molar-refractivity contribution < 1.29 is 21.9 Å². The Balaban J connectivity index is 1.71. The number of pyridine rings is 1. The third kappa shape index (κ3) is 3.65. The Hall–Kier alpha value is -2.25. The van der Waals surface area contributed by atoms with Gasteiger partial charge < -0.3 is 4.57 Å². The summed E-state index contributed by atoms with van der Waals surface area (Å²) in [6.07, 6.45) is 4.51. The molecule has 5 rings (SSSR count). The highest BCUT2D eigenvalue weighted by Crippen LogP contribution is 2.51. The highest BCUT2D eigenvalue weighted by atomic mass is 35.5. The van der Waals surface area contributed by atoms with E-state index in [0.717, 1.165) is 6.26 Å². The quantitative estimate of drug-likeness (QED) is 0.438. The van der Waals surface area contributed by atoms with Gasteiger partial charge in [0.1, 0.15) is 11.3 Å². The van der Waals surface area contributed by atoms with Crippen LogP contribution in [0.25, 0.3) is 21.9 Å². The highest BCUT2D eigenvalue weighted by molar-refractivity contribution is 8.24. The number of rotatable bonds is 4. The maximum atomic E-state index is 14.9. The largest absolute Gasteiger partial charge is 0.319 e. The summed E-state index contributed by atoms with van der Waals surface area (Å²) in [5.74, 6) is 0.137. The van der Waals surface area contributed by atoms with Crippen molar-refractivity contribution in [3.8, 4) is 0 Å². The van der Waals surface area contributed by atoms with Crippen LogP contribution in [0.5, 0.6) is 0 Å². The van der Waals surface area contributed by atoms with Crippen LogP contribution < -0.4 is 0 Å². The van der Waals surface area contributed by atoms with Crippen LogP contribution >= 0.6 is 22.2 Å². The zero-order chi connectivity index (χ0) is 22.8. The van der Waals surface area contributed by atoms with Gasteiger partial charge in [0.15, 0.2) is 20.7 Å². The number of imidazole rings is 1. The van der Waals surface area contributed by atoms with E-state index in [4.69, 9.17) is 11.6 Å². The van der Waals surface area contributed by atoms with Crippen LogP contribution in [0.15, 0.2) is 35.6 Å². The second-order valence-corrected chi connectivity index (χ2v) is 12.6. The Morgan fingerprint density at radius 3 is 2.81 bits per heavy atom. The predicted molar refractivity (Wildman–Crippen MR) is 121 cm³/mol. The molecule has 1 fully saturated rings. The molecule has 0 radical (unpaired) electrons. The molecule has 0 unspecified atom stereocenters. The van der Waals surface area contributed by atoms with Gasteiger partial charge in [0.05, 0.1) is 35.6 Å². The van der Waals surface area contributed by atoms with Crippen LogP contribution in [0, 0.1) is 5.82 Å². The minimum atomic E-state index is -3.61. The first-order valence-electron chi connectivity index (χ1n) is 9.63. The molecule has 1 aliphatic rings. The fourth-order valence-corrected chi connectivity index (χ4v) is 6.99. The lowest BCUT2D eigenvalue weighted by Gasteiger charge is -2.26. The lowest BCUT2D eigenvalue weighted by Crippen LogP contribution is -2.16. The van der Waals surface area contributed by atoms with Crippen molar-refractivity contribution in [2.24, 2.45) is 0 Å². The first kappa shape index (κ1) is 21.6. The van der Waals surface area contributed by atoms with E-state index in [1.807, 2.05) is 0 Å². The van der Waals surface area contributed by atoms with Gasteiger partial charge in [-0.3, -0.25) is 18.8 Å². The van der Waals surface area contributed by atoms with Gasteiger partial charge in [0, 0.05) is 28.6 Å². The SMILES string of the molecule is CS(=O)(=O)c1nn(Cc2nc3cc(Cl)cc(F)c3n2[C@@H]2CCS(O)(O)C2)c2cnccc12. The Morgan fingerprint density at radius 1 is 1.34 bits per heavy atom. The molecule has 4 heterocycles. The van der Waals surface area contributed by atoms with Crippen molar-refractivity contribution in [3.63, 3.8) is 0 Å². The zero-order valence-electron chi connectivity index (χ0n) is 16.8. The number of hydrogen-bond acceptors (Lipinski definition) is 7. The Bertz CT molecular complexity index is 1480. The van der Waals surface area contributed by atoms with Gasteiger partial charge in [-0.15, -0.1) is 0 Å².